The summed E-state index contributed by atoms with van der Waals surface area (Å²) < 4.78 is 38.5. The van der Waals surface area contributed by atoms with Gasteiger partial charge in [0.15, 0.2) is 0 Å². The highest BCUT2D eigenvalue weighted by Gasteiger charge is 2.24. The fourth-order valence-electron chi connectivity index (χ4n) is 2.82. The van der Waals surface area contributed by atoms with Crippen LogP contribution in [0, 0.1) is 0 Å². The Bertz CT molecular complexity index is 892. The molecule has 0 unspecified atom stereocenters. The number of carbonyl (C=O) groups is 1. The van der Waals surface area contributed by atoms with Gasteiger partial charge in [-0.15, -0.1) is 0 Å². The second-order valence-electron chi connectivity index (χ2n) is 5.71. The van der Waals surface area contributed by atoms with Gasteiger partial charge in [0.2, 0.25) is 0 Å². The number of hydrogen-bond donors (Lipinski definition) is 1. The molecule has 1 aliphatic rings. The van der Waals surface area contributed by atoms with E-state index >= 15 is 0 Å². The molecule has 2 aromatic rings. The number of benzene rings is 2. The molecule has 0 amide bonds. The Hall–Kier alpha value is -2.58. The fraction of sp³-hybridized carbons (Fsp3) is 0.278. The quantitative estimate of drug-likeness (QED) is 0.805. The molecule has 0 spiro atoms. The predicted molar refractivity (Wildman–Crippen MR) is 98.1 cm³/mol. The molecule has 0 radical (unpaired) electrons. The summed E-state index contributed by atoms with van der Waals surface area (Å²) in [6.45, 7) is 2.54. The highest BCUT2D eigenvalue weighted by atomic mass is 32.2. The monoisotopic (exact) mass is 376 g/mol. The Balaban J connectivity index is 1.95. The zero-order valence-corrected chi connectivity index (χ0v) is 15.2. The molecule has 1 N–H and O–H groups in total. The Kier molecular flexibility index (Phi) is 5.43. The summed E-state index contributed by atoms with van der Waals surface area (Å²) in [4.78, 5) is 13.9. The van der Waals surface area contributed by atoms with Crippen molar-refractivity contribution < 1.29 is 22.7 Å². The van der Waals surface area contributed by atoms with Gasteiger partial charge in [-0.25, -0.2) is 13.2 Å². The number of anilines is 2. The van der Waals surface area contributed by atoms with Crippen LogP contribution in [0.1, 0.15) is 10.4 Å². The van der Waals surface area contributed by atoms with E-state index in [9.17, 15) is 13.2 Å². The number of nitrogens with one attached hydrogen (secondary N) is 1. The number of morpholine rings is 1. The summed E-state index contributed by atoms with van der Waals surface area (Å²) in [5.74, 6) is -0.701. The number of hydrogen-bond acceptors (Lipinski definition) is 6. The largest absolute Gasteiger partial charge is 0.465 e. The van der Waals surface area contributed by atoms with Gasteiger partial charge in [-0.2, -0.15) is 0 Å². The van der Waals surface area contributed by atoms with Crippen molar-refractivity contribution in [3.8, 4) is 0 Å². The van der Waals surface area contributed by atoms with Crippen molar-refractivity contribution in [2.45, 2.75) is 4.90 Å². The maximum absolute atomic E-state index is 12.9. The minimum Gasteiger partial charge on any atom is -0.465 e. The lowest BCUT2D eigenvalue weighted by atomic mass is 10.2. The number of para-hydroxylation sites is 2. The average Bonchev–Trinajstić information content (AvgIpc) is 2.68. The van der Waals surface area contributed by atoms with E-state index in [4.69, 9.17) is 4.74 Å². The molecular formula is C18H20N2O5S. The third kappa shape index (κ3) is 3.81. The van der Waals surface area contributed by atoms with Crippen LogP contribution >= 0.6 is 0 Å². The third-order valence-corrected chi connectivity index (χ3v) is 5.51. The van der Waals surface area contributed by atoms with E-state index in [1.165, 1.54) is 19.2 Å². The van der Waals surface area contributed by atoms with E-state index in [0.29, 0.717) is 32.0 Å². The molecule has 0 bridgehead atoms. The van der Waals surface area contributed by atoms with Gasteiger partial charge < -0.3 is 14.4 Å². The van der Waals surface area contributed by atoms with Crippen molar-refractivity contribution in [1.29, 1.82) is 0 Å². The maximum Gasteiger partial charge on any atom is 0.339 e. The zero-order chi connectivity index (χ0) is 18.6. The Morgan fingerprint density at radius 3 is 2.46 bits per heavy atom. The van der Waals surface area contributed by atoms with Gasteiger partial charge in [-0.3, -0.25) is 4.72 Å². The van der Waals surface area contributed by atoms with Crippen molar-refractivity contribution in [3.05, 3.63) is 54.1 Å². The van der Waals surface area contributed by atoms with Crippen LogP contribution in [-0.4, -0.2) is 47.8 Å². The molecule has 26 heavy (non-hydrogen) atoms. The van der Waals surface area contributed by atoms with E-state index in [-0.39, 0.29) is 10.5 Å². The first-order valence-electron chi connectivity index (χ1n) is 8.15. The Labute approximate surface area is 152 Å². The molecule has 1 saturated heterocycles. The molecule has 1 aliphatic heterocycles. The summed E-state index contributed by atoms with van der Waals surface area (Å²) >= 11 is 0. The van der Waals surface area contributed by atoms with E-state index in [0.717, 1.165) is 5.69 Å². The molecule has 138 valence electrons. The summed E-state index contributed by atoms with van der Waals surface area (Å²) in [5, 5.41) is 0. The van der Waals surface area contributed by atoms with Gasteiger partial charge in [-0.05, 0) is 24.3 Å². The van der Waals surface area contributed by atoms with Gasteiger partial charge in [0, 0.05) is 13.1 Å². The first-order valence-corrected chi connectivity index (χ1v) is 9.63. The predicted octanol–water partition coefficient (Wildman–Crippen LogP) is 2.11. The smallest absolute Gasteiger partial charge is 0.339 e. The molecule has 2 aromatic carbocycles. The second-order valence-corrected chi connectivity index (χ2v) is 7.36. The van der Waals surface area contributed by atoms with Crippen molar-refractivity contribution >= 4 is 27.4 Å². The van der Waals surface area contributed by atoms with Crippen LogP contribution < -0.4 is 9.62 Å². The lowest BCUT2D eigenvalue weighted by molar-refractivity contribution is 0.0596. The minimum absolute atomic E-state index is 0.00801. The molecule has 0 atom stereocenters. The second kappa shape index (κ2) is 7.76. The van der Waals surface area contributed by atoms with Gasteiger partial charge in [0.1, 0.15) is 4.90 Å². The number of ether oxygens (including phenoxy) is 2. The topological polar surface area (TPSA) is 84.9 Å². The first-order chi connectivity index (χ1) is 12.5. The summed E-state index contributed by atoms with van der Waals surface area (Å²) in [6.07, 6.45) is 0. The molecule has 0 aliphatic carbocycles. The third-order valence-electron chi connectivity index (χ3n) is 4.08. The van der Waals surface area contributed by atoms with Crippen LogP contribution in [0.3, 0.4) is 0 Å². The van der Waals surface area contributed by atoms with Crippen LogP contribution in [0.5, 0.6) is 0 Å². The lowest BCUT2D eigenvalue weighted by Crippen LogP contribution is -2.36. The van der Waals surface area contributed by atoms with Gasteiger partial charge in [0.05, 0.1) is 37.3 Å². The number of methoxy groups -OCH3 is 1. The zero-order valence-electron chi connectivity index (χ0n) is 14.3. The van der Waals surface area contributed by atoms with Gasteiger partial charge >= 0.3 is 5.97 Å². The summed E-state index contributed by atoms with van der Waals surface area (Å²) in [6, 6.07) is 13.1. The molecule has 1 heterocycles. The summed E-state index contributed by atoms with van der Waals surface area (Å²) in [7, 11) is -2.75. The van der Waals surface area contributed by atoms with Crippen molar-refractivity contribution in [2.24, 2.45) is 0 Å². The minimum atomic E-state index is -3.97. The normalized spacial score (nSPS) is 14.7. The fourth-order valence-corrected chi connectivity index (χ4v) is 4.09. The van der Waals surface area contributed by atoms with Gasteiger partial charge in [-0.1, -0.05) is 24.3 Å². The van der Waals surface area contributed by atoms with Crippen LogP contribution in [0.15, 0.2) is 53.4 Å². The first kappa shape index (κ1) is 18.2. The molecule has 1 fully saturated rings. The van der Waals surface area contributed by atoms with E-state index < -0.39 is 16.0 Å². The van der Waals surface area contributed by atoms with E-state index in [1.807, 2.05) is 12.1 Å². The summed E-state index contributed by atoms with van der Waals surface area (Å²) in [5.41, 5.74) is 1.22. The lowest BCUT2D eigenvalue weighted by Gasteiger charge is -2.30. The maximum atomic E-state index is 12.9. The van der Waals surface area contributed by atoms with Gasteiger partial charge in [0.25, 0.3) is 10.0 Å². The molecule has 8 heteroatoms. The molecule has 0 saturated carbocycles. The highest BCUT2D eigenvalue weighted by molar-refractivity contribution is 7.92. The van der Waals surface area contributed by atoms with E-state index in [2.05, 4.69) is 14.4 Å². The van der Waals surface area contributed by atoms with Crippen molar-refractivity contribution in [1.82, 2.24) is 0 Å². The standard InChI is InChI=1S/C18H20N2O5S/c1-24-18(21)14-6-2-5-9-17(14)26(22,23)19-15-7-3-4-8-16(15)20-10-12-25-13-11-20/h2-9,19H,10-13H2,1H3. The molecule has 3 rings (SSSR count). The Morgan fingerprint density at radius 2 is 1.73 bits per heavy atom. The highest BCUT2D eigenvalue weighted by Crippen LogP contribution is 2.29. The van der Waals surface area contributed by atoms with Crippen molar-refractivity contribution in [3.63, 3.8) is 0 Å². The molecule has 0 aromatic heterocycles. The average molecular weight is 376 g/mol. The Morgan fingerprint density at radius 1 is 1.08 bits per heavy atom. The van der Waals surface area contributed by atoms with Crippen molar-refractivity contribution in [2.75, 3.05) is 43.0 Å². The van der Waals surface area contributed by atoms with Crippen LogP contribution in [0.4, 0.5) is 11.4 Å². The number of carbonyl (C=O) groups excluding carboxylic acids is 1. The molecular weight excluding hydrogens is 356 g/mol. The van der Waals surface area contributed by atoms with E-state index in [1.54, 1.807) is 24.3 Å². The number of rotatable bonds is 5. The number of esters is 1. The van der Waals surface area contributed by atoms with Crippen LogP contribution in [0.25, 0.3) is 0 Å². The van der Waals surface area contributed by atoms with Crippen LogP contribution in [0.2, 0.25) is 0 Å². The molecule has 7 nitrogen and oxygen atoms in total. The SMILES string of the molecule is COC(=O)c1ccccc1S(=O)(=O)Nc1ccccc1N1CCOCC1. The van der Waals surface area contributed by atoms with Crippen LogP contribution in [-0.2, 0) is 19.5 Å². The number of nitrogens with zero attached hydrogens (tertiary/aromatic N) is 1. The number of sulfonamides is 1.